The maximum atomic E-state index is 11.2. The topological polar surface area (TPSA) is 70.7 Å². The highest BCUT2D eigenvalue weighted by Gasteiger charge is 2.08. The zero-order chi connectivity index (χ0) is 8.97. The number of amides is 1. The second kappa shape index (κ2) is 3.85. The molecule has 5 heteroatoms. The highest BCUT2D eigenvalue weighted by Crippen LogP contribution is 1.89. The first-order valence-corrected chi connectivity index (χ1v) is 3.91. The van der Waals surface area contributed by atoms with Crippen molar-refractivity contribution in [3.8, 4) is 0 Å². The van der Waals surface area contributed by atoms with Crippen molar-refractivity contribution in [2.45, 2.75) is 20.3 Å². The minimum atomic E-state index is -0.221. The zero-order valence-electron chi connectivity index (χ0n) is 7.22. The van der Waals surface area contributed by atoms with E-state index in [4.69, 9.17) is 0 Å². The molecule has 0 spiro atoms. The maximum Gasteiger partial charge on any atom is 0.290 e. The number of carbonyl (C=O) groups excluding carboxylic acids is 1. The Balaban J connectivity index is 2.53. The third kappa shape index (κ3) is 2.05. The van der Waals surface area contributed by atoms with Crippen LogP contribution in [-0.2, 0) is 0 Å². The van der Waals surface area contributed by atoms with Gasteiger partial charge in [-0.15, -0.1) is 5.10 Å². The predicted molar refractivity (Wildman–Crippen MR) is 43.7 cm³/mol. The predicted octanol–water partition coefficient (Wildman–Crippen LogP) is 0.253. The van der Waals surface area contributed by atoms with Gasteiger partial charge in [0.05, 0.1) is 0 Å². The standard InChI is InChI=1S/C7H12N4O/c1-3-4-8-7(12)6-9-5(2)10-11-6/h3-4H2,1-2H3,(H,8,12)(H,9,10,11). The third-order valence-electron chi connectivity index (χ3n) is 1.34. The Bertz CT molecular complexity index is 268. The van der Waals surface area contributed by atoms with Crippen molar-refractivity contribution in [2.75, 3.05) is 6.54 Å². The van der Waals surface area contributed by atoms with Crippen molar-refractivity contribution >= 4 is 5.91 Å². The van der Waals surface area contributed by atoms with Crippen LogP contribution < -0.4 is 5.32 Å². The molecule has 66 valence electrons. The summed E-state index contributed by atoms with van der Waals surface area (Å²) in [4.78, 5) is 15.0. The van der Waals surface area contributed by atoms with Crippen LogP contribution >= 0.6 is 0 Å². The van der Waals surface area contributed by atoms with E-state index in [9.17, 15) is 4.79 Å². The maximum absolute atomic E-state index is 11.2. The Labute approximate surface area is 70.6 Å². The lowest BCUT2D eigenvalue weighted by Crippen LogP contribution is -2.25. The van der Waals surface area contributed by atoms with Gasteiger partial charge in [0, 0.05) is 6.54 Å². The van der Waals surface area contributed by atoms with Crippen LogP contribution in [0.5, 0.6) is 0 Å². The Kier molecular flexibility index (Phi) is 2.79. The number of hydrogen-bond acceptors (Lipinski definition) is 3. The largest absolute Gasteiger partial charge is 0.349 e. The minimum Gasteiger partial charge on any atom is -0.349 e. The van der Waals surface area contributed by atoms with Crippen LogP contribution in [0, 0.1) is 6.92 Å². The quantitative estimate of drug-likeness (QED) is 0.679. The number of nitrogens with one attached hydrogen (secondary N) is 2. The molecule has 0 aliphatic carbocycles. The van der Waals surface area contributed by atoms with Gasteiger partial charge in [-0.2, -0.15) is 0 Å². The molecule has 0 radical (unpaired) electrons. The first-order chi connectivity index (χ1) is 5.74. The van der Waals surface area contributed by atoms with Gasteiger partial charge in [0.1, 0.15) is 5.82 Å². The normalized spacial score (nSPS) is 9.83. The van der Waals surface area contributed by atoms with Crippen LogP contribution in [0.3, 0.4) is 0 Å². The molecule has 1 aromatic heterocycles. The summed E-state index contributed by atoms with van der Waals surface area (Å²) >= 11 is 0. The van der Waals surface area contributed by atoms with Crippen molar-refractivity contribution < 1.29 is 4.79 Å². The molecule has 5 nitrogen and oxygen atoms in total. The first-order valence-electron chi connectivity index (χ1n) is 3.91. The number of hydrogen-bond donors (Lipinski definition) is 2. The van der Waals surface area contributed by atoms with E-state index in [0.29, 0.717) is 12.4 Å². The van der Waals surface area contributed by atoms with Crippen LogP contribution in [0.4, 0.5) is 0 Å². The molecular weight excluding hydrogens is 156 g/mol. The summed E-state index contributed by atoms with van der Waals surface area (Å²) < 4.78 is 0. The van der Waals surface area contributed by atoms with Gasteiger partial charge >= 0.3 is 0 Å². The lowest BCUT2D eigenvalue weighted by atomic mass is 10.4. The van der Waals surface area contributed by atoms with Crippen LogP contribution in [0.1, 0.15) is 29.8 Å². The fourth-order valence-electron chi connectivity index (χ4n) is 0.762. The molecule has 0 aromatic carbocycles. The van der Waals surface area contributed by atoms with E-state index in [1.807, 2.05) is 6.92 Å². The Hall–Kier alpha value is -1.39. The average Bonchev–Trinajstić information content (AvgIpc) is 2.47. The number of rotatable bonds is 3. The molecule has 0 bridgehead atoms. The Morgan fingerprint density at radius 3 is 2.92 bits per heavy atom. The number of aryl methyl sites for hydroxylation is 1. The lowest BCUT2D eigenvalue weighted by Gasteiger charge is -1.96. The van der Waals surface area contributed by atoms with Gasteiger partial charge in [0.15, 0.2) is 0 Å². The molecule has 0 saturated carbocycles. The summed E-state index contributed by atoms with van der Waals surface area (Å²) in [6, 6.07) is 0. The Morgan fingerprint density at radius 1 is 1.67 bits per heavy atom. The van der Waals surface area contributed by atoms with E-state index in [0.717, 1.165) is 6.42 Å². The van der Waals surface area contributed by atoms with Crippen LogP contribution in [0.25, 0.3) is 0 Å². The fraction of sp³-hybridized carbons (Fsp3) is 0.571. The van der Waals surface area contributed by atoms with Gasteiger partial charge < -0.3 is 5.32 Å². The molecule has 0 atom stereocenters. The minimum absolute atomic E-state index is 0.209. The van der Waals surface area contributed by atoms with Crippen molar-refractivity contribution in [1.82, 2.24) is 20.5 Å². The van der Waals surface area contributed by atoms with Gasteiger partial charge in [-0.3, -0.25) is 9.89 Å². The average molecular weight is 168 g/mol. The van der Waals surface area contributed by atoms with Crippen LogP contribution in [-0.4, -0.2) is 27.6 Å². The number of aromatic amines is 1. The smallest absolute Gasteiger partial charge is 0.290 e. The van der Waals surface area contributed by atoms with E-state index in [1.165, 1.54) is 0 Å². The molecule has 1 rings (SSSR count). The van der Waals surface area contributed by atoms with Crippen molar-refractivity contribution in [2.24, 2.45) is 0 Å². The number of H-pyrrole nitrogens is 1. The fourth-order valence-corrected chi connectivity index (χ4v) is 0.762. The van der Waals surface area contributed by atoms with Crippen molar-refractivity contribution in [3.63, 3.8) is 0 Å². The van der Waals surface area contributed by atoms with Crippen LogP contribution in [0.2, 0.25) is 0 Å². The molecule has 1 aromatic rings. The second-order valence-corrected chi connectivity index (χ2v) is 2.50. The number of nitrogens with zero attached hydrogens (tertiary/aromatic N) is 2. The molecule has 12 heavy (non-hydrogen) atoms. The molecule has 1 heterocycles. The summed E-state index contributed by atoms with van der Waals surface area (Å²) in [5.74, 6) is 0.638. The summed E-state index contributed by atoms with van der Waals surface area (Å²) in [6.07, 6.45) is 0.912. The molecule has 0 fully saturated rings. The number of carbonyl (C=O) groups is 1. The van der Waals surface area contributed by atoms with E-state index >= 15 is 0 Å². The lowest BCUT2D eigenvalue weighted by molar-refractivity contribution is 0.0943. The van der Waals surface area contributed by atoms with Gasteiger partial charge in [0.2, 0.25) is 5.82 Å². The van der Waals surface area contributed by atoms with E-state index in [-0.39, 0.29) is 11.7 Å². The van der Waals surface area contributed by atoms with Crippen molar-refractivity contribution in [3.05, 3.63) is 11.6 Å². The molecular formula is C7H12N4O. The summed E-state index contributed by atoms with van der Waals surface area (Å²) in [5.41, 5.74) is 0. The Morgan fingerprint density at radius 2 is 2.42 bits per heavy atom. The molecule has 2 N–H and O–H groups in total. The summed E-state index contributed by atoms with van der Waals surface area (Å²) in [5, 5.41) is 9.00. The highest BCUT2D eigenvalue weighted by molar-refractivity contribution is 5.90. The van der Waals surface area contributed by atoms with E-state index in [1.54, 1.807) is 6.92 Å². The van der Waals surface area contributed by atoms with Gasteiger partial charge in [-0.25, -0.2) is 4.98 Å². The van der Waals surface area contributed by atoms with Gasteiger partial charge in [0.25, 0.3) is 5.91 Å². The van der Waals surface area contributed by atoms with E-state index in [2.05, 4.69) is 20.5 Å². The summed E-state index contributed by atoms with van der Waals surface area (Å²) in [6.45, 7) is 4.40. The molecule has 0 saturated heterocycles. The molecule has 0 unspecified atom stereocenters. The van der Waals surface area contributed by atoms with Gasteiger partial charge in [-0.05, 0) is 13.3 Å². The SMILES string of the molecule is CCCNC(=O)c1n[nH]c(C)n1. The highest BCUT2D eigenvalue weighted by atomic mass is 16.2. The second-order valence-electron chi connectivity index (χ2n) is 2.50. The van der Waals surface area contributed by atoms with E-state index < -0.39 is 0 Å². The van der Waals surface area contributed by atoms with Crippen molar-refractivity contribution in [1.29, 1.82) is 0 Å². The first kappa shape index (κ1) is 8.70. The van der Waals surface area contributed by atoms with Crippen LogP contribution in [0.15, 0.2) is 0 Å². The molecule has 0 aliphatic heterocycles. The molecule has 0 aliphatic rings. The third-order valence-corrected chi connectivity index (χ3v) is 1.34. The summed E-state index contributed by atoms with van der Waals surface area (Å²) in [7, 11) is 0. The molecule has 1 amide bonds. The zero-order valence-corrected chi connectivity index (χ0v) is 7.22. The monoisotopic (exact) mass is 168 g/mol. The van der Waals surface area contributed by atoms with Gasteiger partial charge in [-0.1, -0.05) is 6.92 Å². The number of aromatic nitrogens is 3.